The molecule has 116 valence electrons. The van der Waals surface area contributed by atoms with E-state index in [9.17, 15) is 4.79 Å². The maximum atomic E-state index is 12.4. The highest BCUT2D eigenvalue weighted by Gasteiger charge is 2.32. The molecule has 0 saturated heterocycles. The summed E-state index contributed by atoms with van der Waals surface area (Å²) < 4.78 is 1.07. The van der Waals surface area contributed by atoms with E-state index in [2.05, 4.69) is 33.0 Å². The summed E-state index contributed by atoms with van der Waals surface area (Å²) in [6.45, 7) is 1.50. The van der Waals surface area contributed by atoms with Crippen LogP contribution in [0.3, 0.4) is 0 Å². The highest BCUT2D eigenvalue weighted by molar-refractivity contribution is 9.10. The van der Waals surface area contributed by atoms with Gasteiger partial charge in [0.15, 0.2) is 0 Å². The Hall–Kier alpha value is -0.870. The third-order valence-electron chi connectivity index (χ3n) is 3.89. The lowest BCUT2D eigenvalue weighted by molar-refractivity contribution is -0.132. The van der Waals surface area contributed by atoms with Crippen LogP contribution in [0.25, 0.3) is 0 Å². The first-order valence-corrected chi connectivity index (χ1v) is 8.74. The van der Waals surface area contributed by atoms with E-state index in [1.807, 2.05) is 12.1 Å². The Labute approximate surface area is 136 Å². The maximum Gasteiger partial charge on any atom is 0.223 e. The summed E-state index contributed by atoms with van der Waals surface area (Å²) >= 11 is 3.49. The Bertz CT molecular complexity index is 460. The van der Waals surface area contributed by atoms with Crippen molar-refractivity contribution < 1.29 is 4.79 Å². The first-order chi connectivity index (χ1) is 10.2. The molecule has 0 heterocycles. The van der Waals surface area contributed by atoms with Crippen LogP contribution in [0.1, 0.15) is 50.5 Å². The summed E-state index contributed by atoms with van der Waals surface area (Å²) in [6.07, 6.45) is 7.30. The Kier molecular flexibility index (Phi) is 6.71. The van der Waals surface area contributed by atoms with Gasteiger partial charge >= 0.3 is 0 Å². The first kappa shape index (κ1) is 16.5. The van der Waals surface area contributed by atoms with Crippen LogP contribution in [0.15, 0.2) is 28.7 Å². The number of unbranched alkanes of at least 4 members (excludes halogenated alkanes) is 3. The second-order valence-corrected chi connectivity index (χ2v) is 6.75. The van der Waals surface area contributed by atoms with E-state index < -0.39 is 0 Å². The number of nitrogens with two attached hydrogens (primary N) is 1. The zero-order valence-electron chi connectivity index (χ0n) is 12.6. The van der Waals surface area contributed by atoms with Crippen LogP contribution in [0.4, 0.5) is 0 Å². The molecular weight excluding hydrogens is 328 g/mol. The predicted molar refractivity (Wildman–Crippen MR) is 89.9 cm³/mol. The topological polar surface area (TPSA) is 46.3 Å². The number of nitrogens with zero attached hydrogens (tertiary/aromatic N) is 1. The van der Waals surface area contributed by atoms with Crippen molar-refractivity contribution in [3.8, 4) is 0 Å². The molecule has 21 heavy (non-hydrogen) atoms. The normalized spacial score (nSPS) is 14.2. The molecule has 2 rings (SSSR count). The van der Waals surface area contributed by atoms with Crippen LogP contribution >= 0.6 is 15.9 Å². The second-order valence-electron chi connectivity index (χ2n) is 5.84. The summed E-state index contributed by atoms with van der Waals surface area (Å²) in [5, 5.41) is 0. The molecule has 0 aliphatic heterocycles. The molecule has 4 heteroatoms. The van der Waals surface area contributed by atoms with Crippen molar-refractivity contribution in [3.63, 3.8) is 0 Å². The molecule has 1 aliphatic rings. The van der Waals surface area contributed by atoms with E-state index in [-0.39, 0.29) is 0 Å². The molecule has 0 bridgehead atoms. The standard InChI is InChI=1S/C17H25BrN2O/c18-15-7-5-6-14(12-15)13-20(16-9-10-16)17(21)8-3-1-2-4-11-19/h5-7,12,16H,1-4,8-11,13,19H2. The van der Waals surface area contributed by atoms with Crippen molar-refractivity contribution >= 4 is 21.8 Å². The molecule has 0 atom stereocenters. The number of rotatable bonds is 9. The van der Waals surface area contributed by atoms with Gasteiger partial charge in [0.05, 0.1) is 0 Å². The van der Waals surface area contributed by atoms with E-state index in [1.165, 1.54) is 5.56 Å². The van der Waals surface area contributed by atoms with Crippen LogP contribution in [0, 0.1) is 0 Å². The Morgan fingerprint density at radius 2 is 2.00 bits per heavy atom. The van der Waals surface area contributed by atoms with Gasteiger partial charge in [0.25, 0.3) is 0 Å². The molecule has 1 saturated carbocycles. The van der Waals surface area contributed by atoms with E-state index in [0.29, 0.717) is 18.4 Å². The van der Waals surface area contributed by atoms with Gasteiger partial charge in [-0.05, 0) is 49.9 Å². The third kappa shape index (κ3) is 5.79. The lowest BCUT2D eigenvalue weighted by atomic mass is 10.1. The molecule has 1 aromatic carbocycles. The zero-order valence-corrected chi connectivity index (χ0v) is 14.1. The molecule has 0 radical (unpaired) electrons. The van der Waals surface area contributed by atoms with Crippen molar-refractivity contribution in [2.75, 3.05) is 6.54 Å². The number of hydrogen-bond donors (Lipinski definition) is 1. The highest BCUT2D eigenvalue weighted by atomic mass is 79.9. The molecule has 3 nitrogen and oxygen atoms in total. The van der Waals surface area contributed by atoms with E-state index in [0.717, 1.165) is 56.1 Å². The van der Waals surface area contributed by atoms with Crippen molar-refractivity contribution in [3.05, 3.63) is 34.3 Å². The van der Waals surface area contributed by atoms with Crippen molar-refractivity contribution in [2.45, 2.75) is 57.5 Å². The minimum atomic E-state index is 0.310. The summed E-state index contributed by atoms with van der Waals surface area (Å²) in [7, 11) is 0. The summed E-state index contributed by atoms with van der Waals surface area (Å²) in [4.78, 5) is 14.5. The van der Waals surface area contributed by atoms with Crippen LogP contribution in [-0.4, -0.2) is 23.4 Å². The average molecular weight is 353 g/mol. The smallest absolute Gasteiger partial charge is 0.223 e. The van der Waals surface area contributed by atoms with Crippen molar-refractivity contribution in [2.24, 2.45) is 5.73 Å². The molecule has 1 aromatic rings. The van der Waals surface area contributed by atoms with E-state index in [4.69, 9.17) is 5.73 Å². The molecule has 2 N–H and O–H groups in total. The van der Waals surface area contributed by atoms with Gasteiger partial charge in [0, 0.05) is 23.5 Å². The fourth-order valence-corrected chi connectivity index (χ4v) is 3.00. The molecule has 1 amide bonds. The molecule has 0 spiro atoms. The predicted octanol–water partition coefficient (Wildman–Crippen LogP) is 3.85. The number of amides is 1. The van der Waals surface area contributed by atoms with Gasteiger partial charge in [0.1, 0.15) is 0 Å². The largest absolute Gasteiger partial charge is 0.335 e. The van der Waals surface area contributed by atoms with Crippen LogP contribution < -0.4 is 5.73 Å². The maximum absolute atomic E-state index is 12.4. The highest BCUT2D eigenvalue weighted by Crippen LogP contribution is 2.29. The second kappa shape index (κ2) is 8.54. The number of benzene rings is 1. The van der Waals surface area contributed by atoms with Crippen molar-refractivity contribution in [1.29, 1.82) is 0 Å². The Balaban J connectivity index is 1.82. The lowest BCUT2D eigenvalue weighted by Crippen LogP contribution is -2.32. The third-order valence-corrected chi connectivity index (χ3v) is 4.39. The number of halogens is 1. The van der Waals surface area contributed by atoms with Gasteiger partial charge in [-0.3, -0.25) is 4.79 Å². The van der Waals surface area contributed by atoms with Crippen LogP contribution in [0.5, 0.6) is 0 Å². The quantitative estimate of drug-likeness (QED) is 0.686. The Morgan fingerprint density at radius 3 is 2.67 bits per heavy atom. The van der Waals surface area contributed by atoms with Gasteiger partial charge in [-0.15, -0.1) is 0 Å². The minimum Gasteiger partial charge on any atom is -0.335 e. The average Bonchev–Trinajstić information content (AvgIpc) is 3.29. The fourth-order valence-electron chi connectivity index (χ4n) is 2.56. The first-order valence-electron chi connectivity index (χ1n) is 7.94. The molecule has 0 unspecified atom stereocenters. The summed E-state index contributed by atoms with van der Waals surface area (Å²) in [5.74, 6) is 0.310. The van der Waals surface area contributed by atoms with E-state index in [1.54, 1.807) is 0 Å². The van der Waals surface area contributed by atoms with Gasteiger partial charge < -0.3 is 10.6 Å². The van der Waals surface area contributed by atoms with Gasteiger partial charge in [-0.25, -0.2) is 0 Å². The molecular formula is C17H25BrN2O. The lowest BCUT2D eigenvalue weighted by Gasteiger charge is -2.23. The summed E-state index contributed by atoms with van der Waals surface area (Å²) in [6, 6.07) is 8.71. The number of carbonyl (C=O) groups is 1. The van der Waals surface area contributed by atoms with Crippen LogP contribution in [0.2, 0.25) is 0 Å². The minimum absolute atomic E-state index is 0.310. The van der Waals surface area contributed by atoms with E-state index >= 15 is 0 Å². The number of carbonyl (C=O) groups excluding carboxylic acids is 1. The van der Waals surface area contributed by atoms with Crippen LogP contribution in [-0.2, 0) is 11.3 Å². The molecule has 0 aromatic heterocycles. The Morgan fingerprint density at radius 1 is 1.24 bits per heavy atom. The number of hydrogen-bond acceptors (Lipinski definition) is 2. The van der Waals surface area contributed by atoms with Crippen molar-refractivity contribution in [1.82, 2.24) is 4.90 Å². The molecule has 1 aliphatic carbocycles. The van der Waals surface area contributed by atoms with Gasteiger partial charge in [-0.1, -0.05) is 40.9 Å². The zero-order chi connectivity index (χ0) is 15.1. The van der Waals surface area contributed by atoms with Gasteiger partial charge in [0.2, 0.25) is 5.91 Å². The fraction of sp³-hybridized carbons (Fsp3) is 0.588. The SMILES string of the molecule is NCCCCCCC(=O)N(Cc1cccc(Br)c1)C1CC1. The monoisotopic (exact) mass is 352 g/mol. The molecule has 1 fully saturated rings. The summed E-state index contributed by atoms with van der Waals surface area (Å²) in [5.41, 5.74) is 6.69. The van der Waals surface area contributed by atoms with Gasteiger partial charge in [-0.2, -0.15) is 0 Å².